The van der Waals surface area contributed by atoms with Crippen molar-refractivity contribution in [2.45, 2.75) is 17.8 Å². The number of benzene rings is 6. The maximum Gasteiger partial charge on any atom is 0.647 e. The molecule has 6 rings (SSSR count). The number of phosphoric acid groups is 2. The molecule has 0 aliphatic rings. The zero-order chi connectivity index (χ0) is 39.2. The summed E-state index contributed by atoms with van der Waals surface area (Å²) in [6, 6.07) is 36.0. The number of alkyl halides is 6. The zero-order valence-electron chi connectivity index (χ0n) is 28.1. The predicted octanol–water partition coefficient (Wildman–Crippen LogP) is 12.4. The highest BCUT2D eigenvalue weighted by atomic mass is 31.2. The predicted molar refractivity (Wildman–Crippen MR) is 191 cm³/mol. The van der Waals surface area contributed by atoms with Crippen molar-refractivity contribution in [2.24, 2.45) is 0 Å². The van der Waals surface area contributed by atoms with E-state index >= 15 is 26.3 Å². The molecule has 6 aromatic rings. The van der Waals surface area contributed by atoms with Crippen molar-refractivity contribution in [3.05, 3.63) is 181 Å². The van der Waals surface area contributed by atoms with Gasteiger partial charge in [-0.05, 0) is 83.9 Å². The summed E-state index contributed by atoms with van der Waals surface area (Å²) in [5.74, 6) is -0.647. The Kier molecular flexibility index (Phi) is 11.2. The van der Waals surface area contributed by atoms with Gasteiger partial charge in [-0.25, -0.2) is 0 Å². The third-order valence-corrected chi connectivity index (χ3v) is 10.3. The van der Waals surface area contributed by atoms with Crippen molar-refractivity contribution in [1.82, 2.24) is 0 Å². The van der Waals surface area contributed by atoms with Gasteiger partial charge in [-0.2, -0.15) is 35.5 Å². The Hall–Kier alpha value is -5.84. The summed E-state index contributed by atoms with van der Waals surface area (Å²) >= 11 is 0. The molecule has 0 spiro atoms. The number of hydrogen-bond donors (Lipinski definition) is 0. The first-order valence-electron chi connectivity index (χ1n) is 16.1. The molecule has 8 nitrogen and oxygen atoms in total. The summed E-state index contributed by atoms with van der Waals surface area (Å²) in [7, 11) is -9.27. The molecule has 0 heterocycles. The first-order chi connectivity index (χ1) is 26.2. The Balaban J connectivity index is 1.32. The number of halogens is 6. The van der Waals surface area contributed by atoms with E-state index in [4.69, 9.17) is 27.1 Å². The Morgan fingerprint density at radius 2 is 0.509 bits per heavy atom. The quantitative estimate of drug-likeness (QED) is 0.0795. The summed E-state index contributed by atoms with van der Waals surface area (Å²) in [6.07, 6.45) is -11.9. The van der Waals surface area contributed by atoms with Crippen molar-refractivity contribution in [1.29, 1.82) is 0 Å². The van der Waals surface area contributed by atoms with Crippen LogP contribution in [0.2, 0.25) is 0 Å². The minimum Gasteiger partial charge on any atom is -0.386 e. The van der Waals surface area contributed by atoms with Gasteiger partial charge in [0.1, 0.15) is 34.5 Å². The van der Waals surface area contributed by atoms with E-state index in [9.17, 15) is 9.13 Å². The summed E-state index contributed by atoms with van der Waals surface area (Å²) < 4.78 is 151. The van der Waals surface area contributed by atoms with Gasteiger partial charge in [-0.3, -0.25) is 0 Å². The van der Waals surface area contributed by atoms with Crippen molar-refractivity contribution < 1.29 is 62.6 Å². The second-order valence-corrected chi connectivity index (χ2v) is 14.4. The molecule has 0 unspecified atom stereocenters. The molecule has 0 saturated heterocycles. The molecule has 55 heavy (non-hydrogen) atoms. The van der Waals surface area contributed by atoms with E-state index in [1.54, 1.807) is 72.8 Å². The Morgan fingerprint density at radius 1 is 0.309 bits per heavy atom. The fraction of sp³-hybridized carbons (Fsp3) is 0.0769. The topological polar surface area (TPSA) is 89.5 Å². The summed E-state index contributed by atoms with van der Waals surface area (Å²) in [5.41, 5.74) is -7.09. The third kappa shape index (κ3) is 9.11. The van der Waals surface area contributed by atoms with Crippen molar-refractivity contribution in [3.8, 4) is 34.5 Å². The molecule has 0 N–H and O–H groups in total. The summed E-state index contributed by atoms with van der Waals surface area (Å²) in [6.45, 7) is 0. The molecule has 6 aromatic carbocycles. The maximum atomic E-state index is 15.0. The minimum atomic E-state index is -5.96. The molecule has 0 radical (unpaired) electrons. The number of phosphoric ester groups is 2. The normalized spacial score (nSPS) is 12.3. The van der Waals surface area contributed by atoms with Gasteiger partial charge in [0.05, 0.1) is 0 Å². The number of para-hydroxylation sites is 4. The molecule has 0 saturated carbocycles. The molecule has 0 aliphatic carbocycles. The van der Waals surface area contributed by atoms with Crippen molar-refractivity contribution in [2.75, 3.05) is 0 Å². The van der Waals surface area contributed by atoms with Crippen LogP contribution in [0.3, 0.4) is 0 Å². The molecule has 0 aromatic heterocycles. The minimum absolute atomic E-state index is 0.0496. The van der Waals surface area contributed by atoms with Crippen molar-refractivity contribution >= 4 is 15.6 Å². The van der Waals surface area contributed by atoms with Crippen LogP contribution in [0.25, 0.3) is 0 Å². The Bertz CT molecular complexity index is 1990. The van der Waals surface area contributed by atoms with Gasteiger partial charge in [-0.15, -0.1) is 0 Å². The zero-order valence-corrected chi connectivity index (χ0v) is 29.9. The number of rotatable bonds is 14. The monoisotopic (exact) mass is 800 g/mol. The lowest BCUT2D eigenvalue weighted by Gasteiger charge is -2.38. The highest BCUT2D eigenvalue weighted by Crippen LogP contribution is 2.58. The maximum absolute atomic E-state index is 15.0. The van der Waals surface area contributed by atoms with E-state index < -0.39 is 56.0 Å². The van der Waals surface area contributed by atoms with Crippen LogP contribution < -0.4 is 27.1 Å². The molecule has 0 fully saturated rings. The van der Waals surface area contributed by atoms with Crippen LogP contribution in [0.15, 0.2) is 170 Å². The standard InChI is InChI=1S/C39H28F6O8P2/c40-38(41,42)37(39(43,44)45,29-21-25-35(26-22-29)52-54(46,48-31-13-5-1-6-14-31)49-32-15-7-2-8-16-32)30-23-27-36(28-24-30)53-55(47,50-33-17-9-3-10-18-33)51-34-19-11-4-12-20-34/h1-28H. The molecule has 0 bridgehead atoms. The Labute approximate surface area is 311 Å². The SMILES string of the molecule is O=P(Oc1ccccc1)(Oc1ccccc1)Oc1ccc(C(c2ccc(OP(=O)(Oc3ccccc3)Oc3ccccc3)cc2)(C(F)(F)F)C(F)(F)F)cc1. The van der Waals surface area contributed by atoms with Crippen molar-refractivity contribution in [3.63, 3.8) is 0 Å². The first kappa shape index (κ1) is 38.9. The first-order valence-corrected chi connectivity index (χ1v) is 19.0. The molecule has 0 atom stereocenters. The van der Waals surface area contributed by atoms with E-state index in [1.165, 1.54) is 48.5 Å². The largest absolute Gasteiger partial charge is 0.647 e. The third-order valence-electron chi connectivity index (χ3n) is 7.70. The molecule has 0 amide bonds. The Morgan fingerprint density at radius 3 is 0.709 bits per heavy atom. The van der Waals surface area contributed by atoms with Crippen LogP contribution in [-0.2, 0) is 14.5 Å². The molecular formula is C39H28F6O8P2. The van der Waals surface area contributed by atoms with Gasteiger partial charge in [0.25, 0.3) is 0 Å². The summed E-state index contributed by atoms with van der Waals surface area (Å²) in [4.78, 5) is 0. The van der Waals surface area contributed by atoms with E-state index in [-0.39, 0.29) is 23.0 Å². The van der Waals surface area contributed by atoms with Gasteiger partial charge in [0.15, 0.2) is 0 Å². The van der Waals surface area contributed by atoms with E-state index in [0.29, 0.717) is 24.3 Å². The lowest BCUT2D eigenvalue weighted by Crippen LogP contribution is -2.54. The smallest absolute Gasteiger partial charge is 0.386 e. The van der Waals surface area contributed by atoms with Crippen LogP contribution in [0.4, 0.5) is 26.3 Å². The lowest BCUT2D eigenvalue weighted by atomic mass is 9.73. The average molecular weight is 801 g/mol. The molecule has 284 valence electrons. The van der Waals surface area contributed by atoms with E-state index in [0.717, 1.165) is 24.3 Å². The fourth-order valence-electron chi connectivity index (χ4n) is 5.33. The molecule has 0 aliphatic heterocycles. The highest BCUT2D eigenvalue weighted by Gasteiger charge is 2.72. The highest BCUT2D eigenvalue weighted by molar-refractivity contribution is 7.50. The van der Waals surface area contributed by atoms with Crippen LogP contribution >= 0.6 is 15.6 Å². The van der Waals surface area contributed by atoms with Crippen LogP contribution in [-0.4, -0.2) is 12.4 Å². The van der Waals surface area contributed by atoms with Gasteiger partial charge >= 0.3 is 28.0 Å². The second kappa shape index (κ2) is 15.9. The van der Waals surface area contributed by atoms with Gasteiger partial charge in [0, 0.05) is 0 Å². The second-order valence-electron chi connectivity index (χ2n) is 11.5. The number of hydrogen-bond acceptors (Lipinski definition) is 8. The lowest BCUT2D eigenvalue weighted by molar-refractivity contribution is -0.288. The van der Waals surface area contributed by atoms with Gasteiger partial charge in [0.2, 0.25) is 5.41 Å². The van der Waals surface area contributed by atoms with Gasteiger partial charge < -0.3 is 27.1 Å². The van der Waals surface area contributed by atoms with Crippen LogP contribution in [0.5, 0.6) is 34.5 Å². The van der Waals surface area contributed by atoms with Gasteiger partial charge in [-0.1, -0.05) is 97.1 Å². The van der Waals surface area contributed by atoms with E-state index in [1.807, 2.05) is 0 Å². The molecular weight excluding hydrogens is 772 g/mol. The fourth-order valence-corrected chi connectivity index (χ4v) is 7.83. The molecule has 16 heteroatoms. The van der Waals surface area contributed by atoms with Crippen LogP contribution in [0.1, 0.15) is 11.1 Å². The summed E-state index contributed by atoms with van der Waals surface area (Å²) in [5, 5.41) is 0. The average Bonchev–Trinajstić information content (AvgIpc) is 3.13. The van der Waals surface area contributed by atoms with Crippen LogP contribution in [0, 0.1) is 0 Å². The van der Waals surface area contributed by atoms with E-state index in [2.05, 4.69) is 0 Å².